The Morgan fingerprint density at radius 3 is 2.42 bits per heavy atom. The van der Waals surface area contributed by atoms with Crippen LogP contribution in [0.25, 0.3) is 0 Å². The summed E-state index contributed by atoms with van der Waals surface area (Å²) in [7, 11) is 0. The first-order valence-corrected chi connectivity index (χ1v) is 20.7. The molecule has 4 aromatic carbocycles. The average Bonchev–Trinajstić information content (AvgIpc) is 3.77. The fraction of sp³-hybridized carbons (Fsp3) is 0.280. The van der Waals surface area contributed by atoms with Crippen LogP contribution in [0.15, 0.2) is 139 Å². The van der Waals surface area contributed by atoms with E-state index in [1.165, 1.54) is 0 Å². The number of aliphatic hydroxyl groups is 1. The molecule has 3 aliphatic heterocycles. The summed E-state index contributed by atoms with van der Waals surface area (Å²) in [5.41, 5.74) is 4.16. The van der Waals surface area contributed by atoms with Gasteiger partial charge in [0, 0.05) is 41.7 Å². The largest absolute Gasteiger partial charge is 0.491 e. The lowest BCUT2D eigenvalue weighted by atomic mass is 9.65. The standard InChI is InChI=1S/C50H46N4O6/c55-30-31-59-41-22-11-10-21-38(41)46-50(39-32-34(25-26-40(39)53-49(50)58)24-23-33-14-4-1-5-15-33)42(47(56)52-29-27-37-20-12-13-28-51-37)44-48(57)60-45(36-18-8-3-9-19-36)43(54(44)46)35-16-6-2-7-17-35/h2-3,6-14,16-22,25-26,28,32,42-46,55H,1,4-5,15,27,29-31H2,(H,52,56)(H,53,58)/t42-,43-,44-,45+,46+,50-/m0/s1. The Kier molecular flexibility index (Phi) is 11.0. The number of cyclic esters (lactones) is 1. The number of aromatic nitrogens is 1. The molecule has 302 valence electrons. The number of aliphatic hydroxyl groups excluding tert-OH is 1. The highest BCUT2D eigenvalue weighted by Crippen LogP contribution is 2.65. The van der Waals surface area contributed by atoms with Crippen molar-refractivity contribution in [2.75, 3.05) is 25.1 Å². The second-order valence-electron chi connectivity index (χ2n) is 15.7. The molecule has 3 N–H and O–H groups in total. The van der Waals surface area contributed by atoms with Gasteiger partial charge in [-0.1, -0.05) is 103 Å². The van der Waals surface area contributed by atoms with Gasteiger partial charge < -0.3 is 25.2 Å². The summed E-state index contributed by atoms with van der Waals surface area (Å²) in [4.78, 5) is 52.5. The maximum absolute atomic E-state index is 15.5. The van der Waals surface area contributed by atoms with Crippen LogP contribution in [0.3, 0.4) is 0 Å². The predicted molar refractivity (Wildman–Crippen MR) is 226 cm³/mol. The van der Waals surface area contributed by atoms with Gasteiger partial charge in [0.05, 0.1) is 24.6 Å². The zero-order valence-electron chi connectivity index (χ0n) is 33.1. The summed E-state index contributed by atoms with van der Waals surface area (Å²) in [6.07, 6.45) is 7.66. The van der Waals surface area contributed by atoms with Crippen molar-refractivity contribution in [1.82, 2.24) is 15.2 Å². The second kappa shape index (κ2) is 17.0. The molecular weight excluding hydrogens is 753 g/mol. The Balaban J connectivity index is 1.29. The number of amides is 2. The van der Waals surface area contributed by atoms with Crippen LogP contribution < -0.4 is 15.4 Å². The van der Waals surface area contributed by atoms with Crippen molar-refractivity contribution in [1.29, 1.82) is 0 Å². The molecule has 60 heavy (non-hydrogen) atoms. The monoisotopic (exact) mass is 798 g/mol. The van der Waals surface area contributed by atoms with Gasteiger partial charge in [-0.25, -0.2) is 0 Å². The molecule has 0 saturated carbocycles. The predicted octanol–water partition coefficient (Wildman–Crippen LogP) is 6.93. The van der Waals surface area contributed by atoms with Crippen molar-refractivity contribution < 1.29 is 29.0 Å². The number of nitrogens with zero attached hydrogens (tertiary/aromatic N) is 2. The van der Waals surface area contributed by atoms with Crippen molar-refractivity contribution in [3.8, 4) is 17.6 Å². The molecule has 2 fully saturated rings. The molecule has 1 aliphatic carbocycles. The summed E-state index contributed by atoms with van der Waals surface area (Å²) in [6, 6.07) is 35.2. The third-order valence-corrected chi connectivity index (χ3v) is 12.2. The third-order valence-electron chi connectivity index (χ3n) is 12.2. The van der Waals surface area contributed by atoms with Crippen molar-refractivity contribution in [3.63, 3.8) is 0 Å². The van der Waals surface area contributed by atoms with E-state index in [2.05, 4.69) is 33.5 Å². The molecule has 1 aromatic heterocycles. The van der Waals surface area contributed by atoms with Crippen molar-refractivity contribution in [3.05, 3.63) is 173 Å². The molecule has 2 saturated heterocycles. The summed E-state index contributed by atoms with van der Waals surface area (Å²) in [5.74, 6) is 4.39. The summed E-state index contributed by atoms with van der Waals surface area (Å²) >= 11 is 0. The van der Waals surface area contributed by atoms with E-state index in [4.69, 9.17) is 9.47 Å². The molecule has 4 aliphatic rings. The molecular formula is C50H46N4O6. The van der Waals surface area contributed by atoms with Gasteiger partial charge in [0.2, 0.25) is 11.8 Å². The minimum absolute atomic E-state index is 0.00718. The van der Waals surface area contributed by atoms with Gasteiger partial charge in [0.1, 0.15) is 29.9 Å². The van der Waals surface area contributed by atoms with Gasteiger partial charge in [-0.05, 0) is 84.3 Å². The lowest BCUT2D eigenvalue weighted by Gasteiger charge is -2.46. The number of hydrogen-bond donors (Lipinski definition) is 3. The Bertz CT molecular complexity index is 2480. The lowest BCUT2D eigenvalue weighted by Crippen LogP contribution is -2.55. The summed E-state index contributed by atoms with van der Waals surface area (Å²) in [6.45, 7) is -0.0314. The highest BCUT2D eigenvalue weighted by Gasteiger charge is 2.74. The normalized spacial score (nSPS) is 24.3. The molecule has 6 atom stereocenters. The number of ether oxygens (including phenoxy) is 2. The minimum Gasteiger partial charge on any atom is -0.491 e. The van der Waals surface area contributed by atoms with Crippen LogP contribution in [0.1, 0.15) is 77.4 Å². The Labute approximate surface area is 349 Å². The Morgan fingerprint density at radius 2 is 1.67 bits per heavy atom. The number of allylic oxidation sites excluding steroid dienone is 2. The van der Waals surface area contributed by atoms with E-state index in [1.54, 1.807) is 12.3 Å². The molecule has 10 heteroatoms. The van der Waals surface area contributed by atoms with Crippen LogP contribution >= 0.6 is 0 Å². The number of rotatable bonds is 10. The first-order chi connectivity index (χ1) is 29.5. The van der Waals surface area contributed by atoms with Crippen molar-refractivity contribution in [2.24, 2.45) is 5.92 Å². The topological polar surface area (TPSA) is 130 Å². The minimum atomic E-state index is -1.70. The van der Waals surface area contributed by atoms with Crippen LogP contribution in [-0.2, 0) is 31.0 Å². The number of anilines is 1. The number of carbonyl (C=O) groups excluding carboxylic acids is 3. The molecule has 5 aromatic rings. The fourth-order valence-corrected chi connectivity index (χ4v) is 9.71. The third kappa shape index (κ3) is 7.04. The number of para-hydroxylation sites is 1. The quantitative estimate of drug-likeness (QED) is 0.103. The molecule has 4 heterocycles. The van der Waals surface area contributed by atoms with Crippen LogP contribution in [0.5, 0.6) is 5.75 Å². The first-order valence-electron chi connectivity index (χ1n) is 20.7. The maximum Gasteiger partial charge on any atom is 0.324 e. The number of fused-ring (bicyclic) bond motifs is 3. The number of esters is 1. The van der Waals surface area contributed by atoms with Gasteiger partial charge in [-0.15, -0.1) is 0 Å². The van der Waals surface area contributed by atoms with Crippen molar-refractivity contribution >= 4 is 23.5 Å². The smallest absolute Gasteiger partial charge is 0.324 e. The number of morpholine rings is 1. The maximum atomic E-state index is 15.5. The van der Waals surface area contributed by atoms with Gasteiger partial charge in [-0.2, -0.15) is 0 Å². The molecule has 1 spiro atoms. The van der Waals surface area contributed by atoms with Crippen LogP contribution in [0.2, 0.25) is 0 Å². The van der Waals surface area contributed by atoms with Crippen LogP contribution in [0, 0.1) is 17.8 Å². The molecule has 0 bridgehead atoms. The molecule has 2 amide bonds. The van der Waals surface area contributed by atoms with Gasteiger partial charge in [0.25, 0.3) is 0 Å². The van der Waals surface area contributed by atoms with Gasteiger partial charge >= 0.3 is 5.97 Å². The fourth-order valence-electron chi connectivity index (χ4n) is 9.71. The Morgan fingerprint density at radius 1 is 0.900 bits per heavy atom. The van der Waals surface area contributed by atoms with Gasteiger partial charge in [0.15, 0.2) is 0 Å². The van der Waals surface area contributed by atoms with E-state index in [-0.39, 0.29) is 19.8 Å². The number of pyridine rings is 1. The highest BCUT2D eigenvalue weighted by molar-refractivity contribution is 6.12. The van der Waals surface area contributed by atoms with E-state index in [1.807, 2.05) is 120 Å². The van der Waals surface area contributed by atoms with E-state index in [9.17, 15) is 5.11 Å². The molecule has 0 unspecified atom stereocenters. The number of nitrogens with one attached hydrogen (secondary N) is 2. The highest BCUT2D eigenvalue weighted by atomic mass is 16.6. The van der Waals surface area contributed by atoms with Crippen LogP contribution in [-0.4, -0.2) is 58.6 Å². The molecule has 10 nitrogen and oxygen atoms in total. The lowest BCUT2D eigenvalue weighted by molar-refractivity contribution is -0.178. The molecule has 0 radical (unpaired) electrons. The SMILES string of the molecule is O=C1O[C@H](c2ccccc2)[C@H](c2ccccc2)N2[C@H]1[C@@H](C(=O)NCCc1ccccn1)[C@]1(C(=O)Nc3ccc(C#CC4=CCCCC4)cc31)[C@H]2c1ccccc1OCCO. The average molecular weight is 799 g/mol. The summed E-state index contributed by atoms with van der Waals surface area (Å²) < 4.78 is 12.8. The van der Waals surface area contributed by atoms with E-state index in [0.717, 1.165) is 48.1 Å². The van der Waals surface area contributed by atoms with Crippen molar-refractivity contribution in [2.45, 2.75) is 61.7 Å². The zero-order valence-corrected chi connectivity index (χ0v) is 33.1. The van der Waals surface area contributed by atoms with Gasteiger partial charge in [-0.3, -0.25) is 24.3 Å². The second-order valence-corrected chi connectivity index (χ2v) is 15.7. The number of benzene rings is 4. The Hall–Kier alpha value is -6.54. The number of carbonyl (C=O) groups is 3. The zero-order chi connectivity index (χ0) is 41.1. The van der Waals surface area contributed by atoms with E-state index >= 15 is 14.4 Å². The first kappa shape index (κ1) is 38.9. The van der Waals surface area contributed by atoms with E-state index < -0.39 is 53.3 Å². The summed E-state index contributed by atoms with van der Waals surface area (Å²) in [5, 5.41) is 16.3. The van der Waals surface area contributed by atoms with E-state index in [0.29, 0.717) is 34.5 Å². The number of hydrogen-bond acceptors (Lipinski definition) is 8. The van der Waals surface area contributed by atoms with Crippen LogP contribution in [0.4, 0.5) is 5.69 Å². The molecule has 9 rings (SSSR count).